The molecule has 0 aliphatic heterocycles. The maximum atomic E-state index is 5.30. The van der Waals surface area contributed by atoms with Gasteiger partial charge in [0, 0.05) is 32.7 Å². The molecule has 10 rings (SSSR count). The van der Waals surface area contributed by atoms with E-state index in [-0.39, 0.29) is 0 Å². The van der Waals surface area contributed by atoms with Gasteiger partial charge in [0.2, 0.25) is 0 Å². The van der Waals surface area contributed by atoms with Gasteiger partial charge in [-0.05, 0) is 69.8 Å². The van der Waals surface area contributed by atoms with Gasteiger partial charge in [-0.15, -0.1) is 0 Å². The third-order valence-corrected chi connectivity index (χ3v) is 9.77. The lowest BCUT2D eigenvalue weighted by Gasteiger charge is -2.16. The molecule has 8 aromatic carbocycles. The second-order valence-electron chi connectivity index (χ2n) is 12.6. The zero-order valence-electron chi connectivity index (χ0n) is 26.6. The van der Waals surface area contributed by atoms with Crippen molar-refractivity contribution in [2.75, 3.05) is 0 Å². The van der Waals surface area contributed by atoms with Crippen molar-refractivity contribution in [2.45, 2.75) is 0 Å². The Morgan fingerprint density at radius 3 is 1.82 bits per heavy atom. The van der Waals surface area contributed by atoms with Crippen molar-refractivity contribution in [2.24, 2.45) is 0 Å². The average molecular weight is 624 g/mol. The summed E-state index contributed by atoms with van der Waals surface area (Å²) >= 11 is 0. The molecule has 0 aliphatic carbocycles. The van der Waals surface area contributed by atoms with E-state index in [0.717, 1.165) is 49.7 Å². The maximum Gasteiger partial charge on any atom is 0.161 e. The molecule has 0 N–H and O–H groups in total. The summed E-state index contributed by atoms with van der Waals surface area (Å²) in [5, 5.41) is 8.28. The van der Waals surface area contributed by atoms with Gasteiger partial charge in [-0.3, -0.25) is 0 Å². The van der Waals surface area contributed by atoms with E-state index in [4.69, 9.17) is 9.97 Å². The molecular formula is C46H29N3. The highest BCUT2D eigenvalue weighted by Crippen LogP contribution is 2.40. The van der Waals surface area contributed by atoms with Crippen LogP contribution in [0.25, 0.3) is 93.7 Å². The van der Waals surface area contributed by atoms with Crippen LogP contribution < -0.4 is 0 Å². The van der Waals surface area contributed by atoms with Crippen LogP contribution >= 0.6 is 0 Å². The fourth-order valence-corrected chi connectivity index (χ4v) is 7.46. The molecule has 0 radical (unpaired) electrons. The van der Waals surface area contributed by atoms with Crippen LogP contribution in [0.1, 0.15) is 0 Å². The highest BCUT2D eigenvalue weighted by molar-refractivity contribution is 6.15. The van der Waals surface area contributed by atoms with Gasteiger partial charge in [0.1, 0.15) is 0 Å². The van der Waals surface area contributed by atoms with Crippen molar-refractivity contribution in [3.8, 4) is 39.5 Å². The number of aromatic nitrogens is 3. The molecule has 228 valence electrons. The number of benzene rings is 8. The van der Waals surface area contributed by atoms with E-state index < -0.39 is 0 Å². The smallest absolute Gasteiger partial charge is 0.161 e. The van der Waals surface area contributed by atoms with E-state index in [0.29, 0.717) is 5.82 Å². The minimum atomic E-state index is 0.715. The summed E-state index contributed by atoms with van der Waals surface area (Å²) in [7, 11) is 0. The first-order chi connectivity index (χ1) is 24.3. The summed E-state index contributed by atoms with van der Waals surface area (Å²) in [4.78, 5) is 10.6. The average Bonchev–Trinajstić information content (AvgIpc) is 3.49. The van der Waals surface area contributed by atoms with E-state index in [1.807, 2.05) is 6.07 Å². The summed E-state index contributed by atoms with van der Waals surface area (Å²) in [6.07, 6.45) is 0. The first kappa shape index (κ1) is 27.5. The molecule has 0 fully saturated rings. The van der Waals surface area contributed by atoms with Crippen molar-refractivity contribution < 1.29 is 0 Å². The quantitative estimate of drug-likeness (QED) is 0.195. The van der Waals surface area contributed by atoms with E-state index in [1.54, 1.807) is 0 Å². The van der Waals surface area contributed by atoms with E-state index >= 15 is 0 Å². The molecule has 0 aliphatic rings. The van der Waals surface area contributed by atoms with Crippen LogP contribution in [0.3, 0.4) is 0 Å². The Hall–Kier alpha value is -6.58. The molecule has 0 atom stereocenters. The van der Waals surface area contributed by atoms with Gasteiger partial charge in [0.05, 0.1) is 27.9 Å². The zero-order chi connectivity index (χ0) is 32.3. The van der Waals surface area contributed by atoms with Gasteiger partial charge in [-0.1, -0.05) is 133 Å². The van der Waals surface area contributed by atoms with Crippen LogP contribution in [0.2, 0.25) is 0 Å². The second-order valence-corrected chi connectivity index (χ2v) is 12.6. The minimum Gasteiger partial charge on any atom is -0.309 e. The van der Waals surface area contributed by atoms with Gasteiger partial charge in [0.25, 0.3) is 0 Å². The first-order valence-corrected chi connectivity index (χ1v) is 16.7. The Kier molecular flexibility index (Phi) is 6.18. The first-order valence-electron chi connectivity index (χ1n) is 16.7. The van der Waals surface area contributed by atoms with Gasteiger partial charge < -0.3 is 4.57 Å². The predicted molar refractivity (Wildman–Crippen MR) is 205 cm³/mol. The second kappa shape index (κ2) is 11.0. The van der Waals surface area contributed by atoms with Crippen molar-refractivity contribution >= 4 is 54.3 Å². The number of para-hydroxylation sites is 1. The lowest BCUT2D eigenvalue weighted by Crippen LogP contribution is -1.99. The van der Waals surface area contributed by atoms with Crippen molar-refractivity contribution in [1.82, 2.24) is 14.5 Å². The summed E-state index contributed by atoms with van der Waals surface area (Å²) < 4.78 is 2.42. The lowest BCUT2D eigenvalue weighted by molar-refractivity contribution is 1.19. The van der Waals surface area contributed by atoms with Crippen molar-refractivity contribution in [1.29, 1.82) is 0 Å². The summed E-state index contributed by atoms with van der Waals surface area (Å²) in [5.74, 6) is 0.715. The molecule has 0 amide bonds. The van der Waals surface area contributed by atoms with Crippen LogP contribution in [0.15, 0.2) is 176 Å². The topological polar surface area (TPSA) is 30.7 Å². The Bertz CT molecular complexity index is 2870. The fraction of sp³-hybridized carbons (Fsp3) is 0. The van der Waals surface area contributed by atoms with Crippen molar-refractivity contribution in [3.63, 3.8) is 0 Å². The Morgan fingerprint density at radius 1 is 0.367 bits per heavy atom. The van der Waals surface area contributed by atoms with Gasteiger partial charge in [0.15, 0.2) is 5.82 Å². The molecule has 2 aromatic heterocycles. The molecule has 49 heavy (non-hydrogen) atoms. The van der Waals surface area contributed by atoms with Gasteiger partial charge in [-0.25, -0.2) is 9.97 Å². The largest absolute Gasteiger partial charge is 0.309 e. The van der Waals surface area contributed by atoms with Crippen LogP contribution in [-0.2, 0) is 0 Å². The molecule has 10 aromatic rings. The molecule has 0 unspecified atom stereocenters. The summed E-state index contributed by atoms with van der Waals surface area (Å²) in [5.41, 5.74) is 9.76. The predicted octanol–water partition coefficient (Wildman–Crippen LogP) is 12.0. The van der Waals surface area contributed by atoms with Crippen LogP contribution in [0.5, 0.6) is 0 Å². The zero-order valence-corrected chi connectivity index (χ0v) is 26.6. The molecule has 0 spiro atoms. The number of nitrogens with zero attached hydrogens (tertiary/aromatic N) is 3. The molecular weight excluding hydrogens is 595 g/mol. The molecule has 0 bridgehead atoms. The number of rotatable bonds is 4. The maximum absolute atomic E-state index is 5.30. The SMILES string of the molecule is c1ccc(-c2ccc3c(-c4ccccc4)nc(-c4ccc(-n5c6ccccc6c6cc7ccccc7cc65)c5ccccc45)nc3c2)cc1. The molecule has 0 saturated heterocycles. The normalized spacial score (nSPS) is 11.7. The molecule has 0 saturated carbocycles. The summed E-state index contributed by atoms with van der Waals surface area (Å²) in [6, 6.07) is 62.6. The Morgan fingerprint density at radius 2 is 1.02 bits per heavy atom. The van der Waals surface area contributed by atoms with E-state index in [1.165, 1.54) is 38.1 Å². The molecule has 2 heterocycles. The highest BCUT2D eigenvalue weighted by atomic mass is 15.0. The fourth-order valence-electron chi connectivity index (χ4n) is 7.46. The minimum absolute atomic E-state index is 0.715. The Labute approximate surface area is 283 Å². The third kappa shape index (κ3) is 4.44. The Balaban J connectivity index is 1.24. The van der Waals surface area contributed by atoms with Crippen LogP contribution in [0, 0.1) is 0 Å². The number of hydrogen-bond donors (Lipinski definition) is 0. The number of hydrogen-bond acceptors (Lipinski definition) is 2. The molecule has 3 nitrogen and oxygen atoms in total. The molecule has 3 heteroatoms. The van der Waals surface area contributed by atoms with E-state index in [9.17, 15) is 0 Å². The van der Waals surface area contributed by atoms with Crippen LogP contribution in [-0.4, -0.2) is 14.5 Å². The number of fused-ring (bicyclic) bond motifs is 6. The monoisotopic (exact) mass is 623 g/mol. The third-order valence-electron chi connectivity index (χ3n) is 9.77. The highest BCUT2D eigenvalue weighted by Gasteiger charge is 2.19. The van der Waals surface area contributed by atoms with Gasteiger partial charge >= 0.3 is 0 Å². The van der Waals surface area contributed by atoms with Gasteiger partial charge in [-0.2, -0.15) is 0 Å². The lowest BCUT2D eigenvalue weighted by atomic mass is 9.99. The van der Waals surface area contributed by atoms with Crippen LogP contribution in [0.4, 0.5) is 0 Å². The summed E-state index contributed by atoms with van der Waals surface area (Å²) in [6.45, 7) is 0. The standard InChI is InChI=1S/C46H29N3/c1-3-13-30(14-4-1)34-23-24-39-41(28-34)47-46(48-45(39)31-15-5-2-6-16-31)38-25-26-43(36-20-10-9-19-35(36)38)49-42-22-12-11-21-37(42)40-27-32-17-7-8-18-33(32)29-44(40)49/h1-29H. The van der Waals surface area contributed by atoms with E-state index in [2.05, 4.69) is 174 Å². The van der Waals surface area contributed by atoms with Crippen molar-refractivity contribution in [3.05, 3.63) is 176 Å².